The zero-order valence-electron chi connectivity index (χ0n) is 11.4. The summed E-state index contributed by atoms with van der Waals surface area (Å²) in [6.45, 7) is 0. The van der Waals surface area contributed by atoms with Crippen molar-refractivity contribution in [3.05, 3.63) is 59.2 Å². The lowest BCUT2D eigenvalue weighted by Gasteiger charge is -2.17. The molecule has 0 spiro atoms. The highest BCUT2D eigenvalue weighted by Crippen LogP contribution is 2.40. The van der Waals surface area contributed by atoms with Crippen molar-refractivity contribution in [3.63, 3.8) is 0 Å². The fourth-order valence-corrected chi connectivity index (χ4v) is 1.93. The van der Waals surface area contributed by atoms with Crippen LogP contribution in [0, 0.1) is 12.3 Å². The SMILES string of the molecule is C#Cc1ccccc1Nc1cc(C(F)(F)F)ccc1C(F)(F)F. The van der Waals surface area contributed by atoms with Gasteiger partial charge in [-0.2, -0.15) is 26.3 Å². The number of rotatable bonds is 2. The molecule has 7 heteroatoms. The van der Waals surface area contributed by atoms with E-state index in [1.165, 1.54) is 18.2 Å². The molecule has 0 radical (unpaired) electrons. The van der Waals surface area contributed by atoms with E-state index in [0.29, 0.717) is 18.2 Å². The molecule has 1 nitrogen and oxygen atoms in total. The molecule has 0 saturated heterocycles. The fourth-order valence-electron chi connectivity index (χ4n) is 1.93. The van der Waals surface area contributed by atoms with Gasteiger partial charge in [-0.25, -0.2) is 0 Å². The van der Waals surface area contributed by atoms with Crippen LogP contribution in [0.1, 0.15) is 16.7 Å². The summed E-state index contributed by atoms with van der Waals surface area (Å²) in [4.78, 5) is 0. The minimum absolute atomic E-state index is 0.111. The molecule has 0 aliphatic carbocycles. The normalized spacial score (nSPS) is 11.9. The van der Waals surface area contributed by atoms with Gasteiger partial charge in [0, 0.05) is 5.56 Å². The van der Waals surface area contributed by atoms with Crippen molar-refractivity contribution in [3.8, 4) is 12.3 Å². The molecule has 2 aromatic rings. The molecule has 0 bridgehead atoms. The molecule has 0 aliphatic rings. The number of nitrogens with one attached hydrogen (secondary N) is 1. The van der Waals surface area contributed by atoms with Gasteiger partial charge >= 0.3 is 12.4 Å². The molecular weight excluding hydrogens is 320 g/mol. The van der Waals surface area contributed by atoms with Crippen molar-refractivity contribution in [1.82, 2.24) is 0 Å². The molecule has 0 atom stereocenters. The standard InChI is InChI=1S/C16H9F6N/c1-2-10-5-3-4-6-13(10)23-14-9-11(15(17,18)19)7-8-12(14)16(20,21)22/h1,3-9,23H. The topological polar surface area (TPSA) is 12.0 Å². The number of para-hydroxylation sites is 1. The number of hydrogen-bond acceptors (Lipinski definition) is 1. The van der Waals surface area contributed by atoms with Gasteiger partial charge < -0.3 is 5.32 Å². The maximum absolute atomic E-state index is 13.0. The summed E-state index contributed by atoms with van der Waals surface area (Å²) in [7, 11) is 0. The van der Waals surface area contributed by atoms with Crippen molar-refractivity contribution in [2.45, 2.75) is 12.4 Å². The van der Waals surface area contributed by atoms with E-state index in [2.05, 4.69) is 11.2 Å². The summed E-state index contributed by atoms with van der Waals surface area (Å²) in [6, 6.07) is 7.11. The Morgan fingerprint density at radius 3 is 2.04 bits per heavy atom. The fraction of sp³-hybridized carbons (Fsp3) is 0.125. The van der Waals surface area contributed by atoms with E-state index in [9.17, 15) is 26.3 Å². The number of alkyl halides is 6. The average Bonchev–Trinajstić information content (AvgIpc) is 2.45. The van der Waals surface area contributed by atoms with Crippen LogP contribution in [0.3, 0.4) is 0 Å². The summed E-state index contributed by atoms with van der Waals surface area (Å²) in [5.41, 5.74) is -2.77. The third kappa shape index (κ3) is 3.77. The second-order valence-corrected chi connectivity index (χ2v) is 4.57. The summed E-state index contributed by atoms with van der Waals surface area (Å²) < 4.78 is 77.2. The number of halogens is 6. The number of benzene rings is 2. The lowest BCUT2D eigenvalue weighted by Crippen LogP contribution is -2.12. The summed E-state index contributed by atoms with van der Waals surface area (Å²) >= 11 is 0. The van der Waals surface area contributed by atoms with Gasteiger partial charge in [0.25, 0.3) is 0 Å². The lowest BCUT2D eigenvalue weighted by molar-refractivity contribution is -0.140. The molecule has 0 aromatic heterocycles. The Morgan fingerprint density at radius 2 is 1.48 bits per heavy atom. The highest BCUT2D eigenvalue weighted by atomic mass is 19.4. The molecule has 2 aromatic carbocycles. The maximum atomic E-state index is 13.0. The van der Waals surface area contributed by atoms with Gasteiger partial charge in [-0.3, -0.25) is 0 Å². The largest absolute Gasteiger partial charge is 0.418 e. The predicted molar refractivity (Wildman–Crippen MR) is 74.1 cm³/mol. The minimum atomic E-state index is -4.81. The summed E-state index contributed by atoms with van der Waals surface area (Å²) in [5, 5.41) is 2.35. The van der Waals surface area contributed by atoms with Gasteiger partial charge in [-0.05, 0) is 30.3 Å². The third-order valence-electron chi connectivity index (χ3n) is 3.00. The first kappa shape index (κ1) is 16.7. The number of anilines is 2. The Hall–Kier alpha value is -2.62. The Kier molecular flexibility index (Phi) is 4.28. The van der Waals surface area contributed by atoms with Crippen LogP contribution in [0.2, 0.25) is 0 Å². The maximum Gasteiger partial charge on any atom is 0.418 e. The van der Waals surface area contributed by atoms with Crippen LogP contribution in [-0.2, 0) is 12.4 Å². The van der Waals surface area contributed by atoms with E-state index < -0.39 is 29.2 Å². The molecular formula is C16H9F6N. The van der Waals surface area contributed by atoms with Crippen LogP contribution in [0.15, 0.2) is 42.5 Å². The van der Waals surface area contributed by atoms with Gasteiger partial charge in [0.1, 0.15) is 0 Å². The van der Waals surface area contributed by atoms with Gasteiger partial charge in [0.05, 0.1) is 22.5 Å². The smallest absolute Gasteiger partial charge is 0.354 e. The minimum Gasteiger partial charge on any atom is -0.354 e. The van der Waals surface area contributed by atoms with Crippen molar-refractivity contribution < 1.29 is 26.3 Å². The molecule has 0 amide bonds. The molecule has 0 fully saturated rings. The van der Waals surface area contributed by atoms with Crippen LogP contribution < -0.4 is 5.32 Å². The van der Waals surface area contributed by atoms with E-state index in [0.717, 1.165) is 0 Å². The molecule has 0 unspecified atom stereocenters. The first-order valence-corrected chi connectivity index (χ1v) is 6.24. The molecule has 0 aliphatic heterocycles. The van der Waals surface area contributed by atoms with Gasteiger partial charge in [0.15, 0.2) is 0 Å². The van der Waals surface area contributed by atoms with Crippen LogP contribution in [0.25, 0.3) is 0 Å². The van der Waals surface area contributed by atoms with Crippen molar-refractivity contribution in [2.24, 2.45) is 0 Å². The lowest BCUT2D eigenvalue weighted by atomic mass is 10.1. The van der Waals surface area contributed by atoms with Crippen LogP contribution in [0.4, 0.5) is 37.7 Å². The quantitative estimate of drug-likeness (QED) is 0.571. The first-order valence-electron chi connectivity index (χ1n) is 6.24. The van der Waals surface area contributed by atoms with Gasteiger partial charge in [-0.1, -0.05) is 18.1 Å². The molecule has 120 valence electrons. The molecule has 1 N–H and O–H groups in total. The molecule has 23 heavy (non-hydrogen) atoms. The van der Waals surface area contributed by atoms with Crippen molar-refractivity contribution >= 4 is 11.4 Å². The van der Waals surface area contributed by atoms with E-state index in [1.807, 2.05) is 0 Å². The van der Waals surface area contributed by atoms with Gasteiger partial charge in [0.2, 0.25) is 0 Å². The van der Waals surface area contributed by atoms with E-state index >= 15 is 0 Å². The Bertz CT molecular complexity index is 752. The van der Waals surface area contributed by atoms with E-state index in [-0.39, 0.29) is 11.3 Å². The monoisotopic (exact) mass is 329 g/mol. The Balaban J connectivity index is 2.56. The zero-order valence-corrected chi connectivity index (χ0v) is 11.4. The van der Waals surface area contributed by atoms with Crippen LogP contribution >= 0.6 is 0 Å². The van der Waals surface area contributed by atoms with E-state index in [1.54, 1.807) is 6.07 Å². The first-order chi connectivity index (χ1) is 10.6. The number of hydrogen-bond donors (Lipinski definition) is 1. The van der Waals surface area contributed by atoms with Crippen molar-refractivity contribution in [1.29, 1.82) is 0 Å². The highest BCUT2D eigenvalue weighted by molar-refractivity contribution is 5.70. The molecule has 0 saturated carbocycles. The average molecular weight is 329 g/mol. The predicted octanol–water partition coefficient (Wildman–Crippen LogP) is 5.45. The highest BCUT2D eigenvalue weighted by Gasteiger charge is 2.37. The second-order valence-electron chi connectivity index (χ2n) is 4.57. The number of terminal acetylenes is 1. The summed E-state index contributed by atoms with van der Waals surface area (Å²) in [6.07, 6.45) is -4.33. The van der Waals surface area contributed by atoms with Crippen LogP contribution in [0.5, 0.6) is 0 Å². The molecule has 0 heterocycles. The second kappa shape index (κ2) is 5.88. The van der Waals surface area contributed by atoms with Gasteiger partial charge in [-0.15, -0.1) is 6.42 Å². The van der Waals surface area contributed by atoms with E-state index in [4.69, 9.17) is 6.42 Å². The Labute approximate surface area is 127 Å². The third-order valence-corrected chi connectivity index (χ3v) is 3.00. The van der Waals surface area contributed by atoms with Crippen molar-refractivity contribution in [2.75, 3.05) is 5.32 Å². The zero-order chi connectivity index (χ0) is 17.3. The molecule has 2 rings (SSSR count). The Morgan fingerprint density at radius 1 is 0.826 bits per heavy atom. The summed E-state index contributed by atoms with van der Waals surface area (Å²) in [5.74, 6) is 2.25. The van der Waals surface area contributed by atoms with Crippen LogP contribution in [-0.4, -0.2) is 0 Å².